The van der Waals surface area contributed by atoms with Crippen molar-refractivity contribution in [2.45, 2.75) is 56.8 Å². The molecule has 4 aromatic rings. The van der Waals surface area contributed by atoms with Crippen LogP contribution in [0.1, 0.15) is 53.1 Å². The molecule has 0 aliphatic carbocycles. The second-order valence-electron chi connectivity index (χ2n) is 10.7. The third-order valence-corrected chi connectivity index (χ3v) is 9.81. The van der Waals surface area contributed by atoms with E-state index in [1.807, 2.05) is 16.7 Å². The molecule has 0 saturated heterocycles. The molecule has 0 saturated carbocycles. The molecule has 15 heteroatoms. The van der Waals surface area contributed by atoms with Crippen molar-refractivity contribution in [3.63, 3.8) is 0 Å². The molecule has 0 fully saturated rings. The standard InChI is InChI=1S/C31H34F6N6O2S/c1-4-21-26(17-23(30(32,33)34)22(14-15-38)28(21)31(35,36)37)46(44,45)43(5-2)20-11-12-25-24(16-20)41-27(42(25)3)13-8-18-6-9-19(10-7-18)29(39)40/h6-7,9-12,16-17H,4-5,8,13-15,38H2,1-3H3,(H3,39,40). The van der Waals surface area contributed by atoms with Crippen LogP contribution in [-0.4, -0.2) is 36.9 Å². The molecule has 4 rings (SSSR count). The normalized spacial score (nSPS) is 12.6. The Bertz CT molecular complexity index is 1870. The summed E-state index contributed by atoms with van der Waals surface area (Å²) < 4.78 is 116. The second kappa shape index (κ2) is 12.9. The van der Waals surface area contributed by atoms with Gasteiger partial charge in [0.25, 0.3) is 10.0 Å². The molecule has 0 amide bonds. The number of benzene rings is 3. The molecule has 248 valence electrons. The number of hydrogen-bond acceptors (Lipinski definition) is 5. The zero-order chi connectivity index (χ0) is 34.2. The van der Waals surface area contributed by atoms with E-state index in [0.29, 0.717) is 41.3 Å². The lowest BCUT2D eigenvalue weighted by atomic mass is 9.91. The van der Waals surface area contributed by atoms with Crippen LogP contribution in [0.15, 0.2) is 53.4 Å². The number of aromatic nitrogens is 2. The maximum absolute atomic E-state index is 14.4. The molecule has 0 unspecified atom stereocenters. The van der Waals surface area contributed by atoms with Crippen molar-refractivity contribution >= 4 is 32.6 Å². The number of nitrogens with one attached hydrogen (secondary N) is 1. The maximum Gasteiger partial charge on any atom is 0.416 e. The Morgan fingerprint density at radius 3 is 2.11 bits per heavy atom. The van der Waals surface area contributed by atoms with Crippen LogP contribution in [0.5, 0.6) is 0 Å². The number of nitrogens with zero attached hydrogens (tertiary/aromatic N) is 3. The molecule has 0 spiro atoms. The first-order valence-electron chi connectivity index (χ1n) is 14.4. The molecule has 1 aromatic heterocycles. The predicted molar refractivity (Wildman–Crippen MR) is 164 cm³/mol. The van der Waals surface area contributed by atoms with Gasteiger partial charge in [0.1, 0.15) is 11.7 Å². The van der Waals surface area contributed by atoms with Gasteiger partial charge in [-0.2, -0.15) is 26.3 Å². The monoisotopic (exact) mass is 668 g/mol. The van der Waals surface area contributed by atoms with E-state index < -0.39 is 68.9 Å². The van der Waals surface area contributed by atoms with Crippen molar-refractivity contribution in [3.05, 3.63) is 87.7 Å². The summed E-state index contributed by atoms with van der Waals surface area (Å²) in [5, 5.41) is 7.52. The molecule has 3 aromatic carbocycles. The minimum Gasteiger partial charge on any atom is -0.384 e. The Morgan fingerprint density at radius 2 is 1.59 bits per heavy atom. The second-order valence-corrected chi connectivity index (χ2v) is 12.5. The van der Waals surface area contributed by atoms with Crippen molar-refractivity contribution in [3.8, 4) is 0 Å². The number of aryl methyl sites for hydroxylation is 3. The van der Waals surface area contributed by atoms with Gasteiger partial charge in [0.05, 0.1) is 32.7 Å². The van der Waals surface area contributed by atoms with Crippen molar-refractivity contribution in [2.24, 2.45) is 18.5 Å². The van der Waals surface area contributed by atoms with E-state index in [9.17, 15) is 34.8 Å². The number of fused-ring (bicyclic) bond motifs is 1. The first-order valence-corrected chi connectivity index (χ1v) is 15.8. The highest BCUT2D eigenvalue weighted by molar-refractivity contribution is 7.92. The summed E-state index contributed by atoms with van der Waals surface area (Å²) in [5.74, 6) is 0.624. The van der Waals surface area contributed by atoms with Crippen LogP contribution in [0.25, 0.3) is 11.0 Å². The summed E-state index contributed by atoms with van der Waals surface area (Å²) in [6.07, 6.45) is -10.7. The Hall–Kier alpha value is -4.11. The molecule has 0 bridgehead atoms. The van der Waals surface area contributed by atoms with Crippen molar-refractivity contribution in [1.82, 2.24) is 9.55 Å². The van der Waals surface area contributed by atoms with E-state index in [4.69, 9.17) is 16.9 Å². The van der Waals surface area contributed by atoms with Gasteiger partial charge in [-0.1, -0.05) is 31.2 Å². The fourth-order valence-corrected chi connectivity index (χ4v) is 7.45. The number of rotatable bonds is 11. The minimum absolute atomic E-state index is 0.0367. The number of sulfonamides is 1. The van der Waals surface area contributed by atoms with Gasteiger partial charge < -0.3 is 16.0 Å². The molecule has 1 heterocycles. The van der Waals surface area contributed by atoms with Gasteiger partial charge in [-0.3, -0.25) is 9.71 Å². The summed E-state index contributed by atoms with van der Waals surface area (Å²) >= 11 is 0. The van der Waals surface area contributed by atoms with E-state index in [-0.39, 0.29) is 18.1 Å². The predicted octanol–water partition coefficient (Wildman–Crippen LogP) is 5.96. The van der Waals surface area contributed by atoms with Crippen LogP contribution in [-0.2, 0) is 55.1 Å². The molecule has 46 heavy (non-hydrogen) atoms. The Kier molecular flexibility index (Phi) is 9.78. The first kappa shape index (κ1) is 34.8. The van der Waals surface area contributed by atoms with Gasteiger partial charge in [0, 0.05) is 25.6 Å². The minimum atomic E-state index is -5.27. The Morgan fingerprint density at radius 1 is 0.935 bits per heavy atom. The van der Waals surface area contributed by atoms with Crippen molar-refractivity contribution in [1.29, 1.82) is 5.41 Å². The molecular weight excluding hydrogens is 634 g/mol. The lowest BCUT2D eigenvalue weighted by molar-refractivity contribution is -0.144. The molecule has 0 atom stereocenters. The van der Waals surface area contributed by atoms with Crippen LogP contribution in [0.2, 0.25) is 0 Å². The zero-order valence-electron chi connectivity index (χ0n) is 25.4. The van der Waals surface area contributed by atoms with Gasteiger partial charge in [-0.05, 0) is 73.7 Å². The smallest absolute Gasteiger partial charge is 0.384 e. The number of nitrogens with two attached hydrogens (primary N) is 2. The number of hydrogen-bond donors (Lipinski definition) is 3. The molecule has 0 aliphatic rings. The van der Waals surface area contributed by atoms with Crippen LogP contribution < -0.4 is 15.8 Å². The highest BCUT2D eigenvalue weighted by Crippen LogP contribution is 2.45. The number of alkyl halides is 6. The van der Waals surface area contributed by atoms with Crippen LogP contribution in [0.3, 0.4) is 0 Å². The fourth-order valence-electron chi connectivity index (χ4n) is 5.66. The number of anilines is 1. The average molecular weight is 669 g/mol. The number of imidazole rings is 1. The van der Waals surface area contributed by atoms with Crippen LogP contribution in [0.4, 0.5) is 32.0 Å². The van der Waals surface area contributed by atoms with Gasteiger partial charge in [0.2, 0.25) is 0 Å². The van der Waals surface area contributed by atoms with Crippen molar-refractivity contribution < 1.29 is 34.8 Å². The Balaban J connectivity index is 1.79. The molecule has 0 radical (unpaired) electrons. The molecule has 5 N–H and O–H groups in total. The van der Waals surface area contributed by atoms with Crippen LogP contribution in [0, 0.1) is 5.41 Å². The number of amidine groups is 1. The van der Waals surface area contributed by atoms with E-state index in [2.05, 4.69) is 4.98 Å². The molecule has 0 aliphatic heterocycles. The average Bonchev–Trinajstić information content (AvgIpc) is 3.29. The van der Waals surface area contributed by atoms with E-state index in [1.54, 1.807) is 25.2 Å². The summed E-state index contributed by atoms with van der Waals surface area (Å²) in [6, 6.07) is 12.0. The zero-order valence-corrected chi connectivity index (χ0v) is 26.2. The highest BCUT2D eigenvalue weighted by atomic mass is 32.2. The Labute approximate surface area is 262 Å². The summed E-state index contributed by atoms with van der Waals surface area (Å²) in [5.41, 5.74) is 8.43. The summed E-state index contributed by atoms with van der Waals surface area (Å²) in [7, 11) is -3.15. The lowest BCUT2D eigenvalue weighted by Crippen LogP contribution is -2.33. The van der Waals surface area contributed by atoms with Gasteiger partial charge >= 0.3 is 12.4 Å². The molecular formula is C31H34F6N6O2S. The van der Waals surface area contributed by atoms with Crippen molar-refractivity contribution in [2.75, 3.05) is 17.4 Å². The van der Waals surface area contributed by atoms with Gasteiger partial charge in [0.15, 0.2) is 0 Å². The maximum atomic E-state index is 14.4. The fraction of sp³-hybridized carbons (Fsp3) is 0.355. The number of nitrogen functional groups attached to an aromatic ring is 1. The SMILES string of the molecule is CCc1c(S(=O)(=O)N(CC)c2ccc3c(c2)nc(CCc2ccc(C(=N)N)cc2)n3C)cc(C(F)(F)F)c(CCN)c1C(F)(F)F. The largest absolute Gasteiger partial charge is 0.416 e. The number of halogens is 6. The topological polar surface area (TPSA) is 131 Å². The van der Waals surface area contributed by atoms with E-state index >= 15 is 0 Å². The summed E-state index contributed by atoms with van der Waals surface area (Å²) in [6.45, 7) is 1.92. The third-order valence-electron chi connectivity index (χ3n) is 7.84. The van der Waals surface area contributed by atoms with E-state index in [0.717, 1.165) is 9.87 Å². The summed E-state index contributed by atoms with van der Waals surface area (Å²) in [4.78, 5) is 3.58. The first-order chi connectivity index (χ1) is 21.4. The lowest BCUT2D eigenvalue weighted by Gasteiger charge is -2.28. The third kappa shape index (κ3) is 6.70. The highest BCUT2D eigenvalue weighted by Gasteiger charge is 2.45. The van der Waals surface area contributed by atoms with Crippen LogP contribution >= 0.6 is 0 Å². The van der Waals surface area contributed by atoms with Gasteiger partial charge in [-0.15, -0.1) is 0 Å². The quantitative estimate of drug-likeness (QED) is 0.103. The molecule has 8 nitrogen and oxygen atoms in total. The van der Waals surface area contributed by atoms with E-state index in [1.165, 1.54) is 26.0 Å². The van der Waals surface area contributed by atoms with Gasteiger partial charge in [-0.25, -0.2) is 13.4 Å².